The quantitative estimate of drug-likeness (QED) is 0.849. The fraction of sp³-hybridized carbons (Fsp3) is 0.600. The molecule has 0 unspecified atom stereocenters. The van der Waals surface area contributed by atoms with E-state index in [-0.39, 0.29) is 5.75 Å². The summed E-state index contributed by atoms with van der Waals surface area (Å²) in [6.45, 7) is 5.98. The summed E-state index contributed by atoms with van der Waals surface area (Å²) in [4.78, 5) is 2.30. The molecule has 0 aromatic heterocycles. The van der Waals surface area contributed by atoms with E-state index in [0.717, 1.165) is 13.0 Å². The van der Waals surface area contributed by atoms with Gasteiger partial charge in [-0.3, -0.25) is 4.90 Å². The molecule has 2 rings (SSSR count). The SMILES string of the molecule is Cc1ccccc1[C@@H]1C[C@@H](C)N(CCS(C)(=O)=O)C1. The molecule has 0 N–H and O–H groups in total. The molecular weight excluding hydrogens is 258 g/mol. The first kappa shape index (κ1) is 14.5. The third-order valence-corrected chi connectivity index (χ3v) is 5.01. The summed E-state index contributed by atoms with van der Waals surface area (Å²) < 4.78 is 22.5. The fourth-order valence-electron chi connectivity index (χ4n) is 2.96. The minimum atomic E-state index is -2.87. The van der Waals surface area contributed by atoms with Gasteiger partial charge < -0.3 is 0 Å². The number of nitrogens with zero attached hydrogens (tertiary/aromatic N) is 1. The maximum absolute atomic E-state index is 11.3. The molecular formula is C15H23NO2S. The van der Waals surface area contributed by atoms with Gasteiger partial charge in [0.2, 0.25) is 0 Å². The van der Waals surface area contributed by atoms with Crippen molar-refractivity contribution in [3.63, 3.8) is 0 Å². The number of benzene rings is 1. The molecule has 1 saturated heterocycles. The number of rotatable bonds is 4. The van der Waals surface area contributed by atoms with Gasteiger partial charge in [-0.2, -0.15) is 0 Å². The average Bonchev–Trinajstić information content (AvgIpc) is 2.68. The lowest BCUT2D eigenvalue weighted by Gasteiger charge is -2.20. The lowest BCUT2D eigenvalue weighted by atomic mass is 9.93. The van der Waals surface area contributed by atoms with E-state index >= 15 is 0 Å². The van der Waals surface area contributed by atoms with Gasteiger partial charge in [-0.1, -0.05) is 24.3 Å². The predicted octanol–water partition coefficient (Wildman–Crippen LogP) is 2.22. The van der Waals surface area contributed by atoms with Crippen LogP contribution in [0.5, 0.6) is 0 Å². The van der Waals surface area contributed by atoms with Crippen molar-refractivity contribution in [3.05, 3.63) is 35.4 Å². The number of aryl methyl sites for hydroxylation is 1. The van der Waals surface area contributed by atoms with Gasteiger partial charge in [0.05, 0.1) is 5.75 Å². The second kappa shape index (κ2) is 5.63. The van der Waals surface area contributed by atoms with Gasteiger partial charge in [0, 0.05) is 25.4 Å². The Labute approximate surface area is 116 Å². The van der Waals surface area contributed by atoms with E-state index < -0.39 is 9.84 Å². The van der Waals surface area contributed by atoms with E-state index in [1.165, 1.54) is 17.4 Å². The molecule has 3 nitrogen and oxygen atoms in total. The van der Waals surface area contributed by atoms with Crippen molar-refractivity contribution in [2.75, 3.05) is 25.1 Å². The molecule has 0 spiro atoms. The average molecular weight is 281 g/mol. The van der Waals surface area contributed by atoms with Gasteiger partial charge in [-0.05, 0) is 37.3 Å². The summed E-state index contributed by atoms with van der Waals surface area (Å²) in [5.74, 6) is 0.799. The summed E-state index contributed by atoms with van der Waals surface area (Å²) in [6.07, 6.45) is 2.43. The molecule has 1 aliphatic heterocycles. The van der Waals surface area contributed by atoms with Crippen LogP contribution in [0.1, 0.15) is 30.4 Å². The zero-order valence-corrected chi connectivity index (χ0v) is 12.8. The fourth-order valence-corrected chi connectivity index (χ4v) is 3.53. The molecule has 1 aromatic carbocycles. The molecule has 1 aromatic rings. The second-order valence-corrected chi connectivity index (χ2v) is 8.02. The summed E-state index contributed by atoms with van der Waals surface area (Å²) in [5, 5.41) is 0. The first-order valence-electron chi connectivity index (χ1n) is 6.84. The molecule has 0 amide bonds. The minimum absolute atomic E-state index is 0.262. The monoisotopic (exact) mass is 281 g/mol. The highest BCUT2D eigenvalue weighted by Crippen LogP contribution is 2.32. The summed E-state index contributed by atoms with van der Waals surface area (Å²) >= 11 is 0. The highest BCUT2D eigenvalue weighted by molar-refractivity contribution is 7.90. The Hall–Kier alpha value is -0.870. The predicted molar refractivity (Wildman–Crippen MR) is 79.3 cm³/mol. The molecule has 1 aliphatic rings. The Morgan fingerprint density at radius 3 is 2.63 bits per heavy atom. The van der Waals surface area contributed by atoms with Gasteiger partial charge in [0.15, 0.2) is 0 Å². The third kappa shape index (κ3) is 3.80. The number of hydrogen-bond donors (Lipinski definition) is 0. The van der Waals surface area contributed by atoms with Gasteiger partial charge in [-0.25, -0.2) is 8.42 Å². The van der Waals surface area contributed by atoms with Crippen molar-refractivity contribution in [1.82, 2.24) is 4.90 Å². The van der Waals surface area contributed by atoms with Crippen molar-refractivity contribution in [2.45, 2.75) is 32.2 Å². The van der Waals surface area contributed by atoms with Crippen LogP contribution in [0.25, 0.3) is 0 Å². The van der Waals surface area contributed by atoms with Gasteiger partial charge >= 0.3 is 0 Å². The van der Waals surface area contributed by atoms with E-state index in [2.05, 4.69) is 43.0 Å². The Morgan fingerprint density at radius 1 is 1.32 bits per heavy atom. The number of likely N-dealkylation sites (tertiary alicyclic amines) is 1. The molecule has 0 aliphatic carbocycles. The van der Waals surface area contributed by atoms with Crippen LogP contribution in [-0.2, 0) is 9.84 Å². The maximum atomic E-state index is 11.3. The Bertz CT molecular complexity index is 539. The van der Waals surface area contributed by atoms with Gasteiger partial charge in [0.1, 0.15) is 9.84 Å². The highest BCUT2D eigenvalue weighted by atomic mass is 32.2. The topological polar surface area (TPSA) is 37.4 Å². The molecule has 2 atom stereocenters. The van der Waals surface area contributed by atoms with Crippen molar-refractivity contribution in [3.8, 4) is 0 Å². The van der Waals surface area contributed by atoms with E-state index in [9.17, 15) is 8.42 Å². The molecule has 0 radical (unpaired) electrons. The van der Waals surface area contributed by atoms with Crippen LogP contribution >= 0.6 is 0 Å². The second-order valence-electron chi connectivity index (χ2n) is 5.76. The van der Waals surface area contributed by atoms with Crippen molar-refractivity contribution >= 4 is 9.84 Å². The molecule has 1 fully saturated rings. The zero-order valence-electron chi connectivity index (χ0n) is 12.0. The Kier molecular flexibility index (Phi) is 4.31. The summed E-state index contributed by atoms with van der Waals surface area (Å²) in [7, 11) is -2.87. The highest BCUT2D eigenvalue weighted by Gasteiger charge is 2.30. The van der Waals surface area contributed by atoms with Gasteiger partial charge in [-0.15, -0.1) is 0 Å². The Morgan fingerprint density at radius 2 is 2.00 bits per heavy atom. The molecule has 106 valence electrons. The Balaban J connectivity index is 2.03. The van der Waals surface area contributed by atoms with Crippen molar-refractivity contribution in [2.24, 2.45) is 0 Å². The van der Waals surface area contributed by atoms with E-state index in [4.69, 9.17) is 0 Å². The number of hydrogen-bond acceptors (Lipinski definition) is 3. The van der Waals surface area contributed by atoms with Crippen LogP contribution in [0.4, 0.5) is 0 Å². The van der Waals surface area contributed by atoms with E-state index in [1.807, 2.05) is 0 Å². The van der Waals surface area contributed by atoms with Crippen LogP contribution < -0.4 is 0 Å². The standard InChI is InChI=1S/C15H23NO2S/c1-12-6-4-5-7-15(12)14-10-13(2)16(11-14)8-9-19(3,17)18/h4-7,13-14H,8-11H2,1-3H3/t13-,14-/m1/s1. The van der Waals surface area contributed by atoms with Crippen LogP contribution in [0.2, 0.25) is 0 Å². The molecule has 19 heavy (non-hydrogen) atoms. The van der Waals surface area contributed by atoms with Gasteiger partial charge in [0.25, 0.3) is 0 Å². The summed E-state index contributed by atoms with van der Waals surface area (Å²) in [6, 6.07) is 8.97. The maximum Gasteiger partial charge on any atom is 0.148 e. The van der Waals surface area contributed by atoms with E-state index in [0.29, 0.717) is 18.5 Å². The lowest BCUT2D eigenvalue weighted by molar-refractivity contribution is 0.283. The van der Waals surface area contributed by atoms with Crippen LogP contribution in [0.15, 0.2) is 24.3 Å². The van der Waals surface area contributed by atoms with Crippen molar-refractivity contribution in [1.29, 1.82) is 0 Å². The lowest BCUT2D eigenvalue weighted by Crippen LogP contribution is -2.32. The first-order chi connectivity index (χ1) is 8.87. The summed E-state index contributed by atoms with van der Waals surface area (Å²) in [5.41, 5.74) is 2.75. The van der Waals surface area contributed by atoms with Crippen molar-refractivity contribution < 1.29 is 8.42 Å². The van der Waals surface area contributed by atoms with Crippen LogP contribution in [0.3, 0.4) is 0 Å². The third-order valence-electron chi connectivity index (χ3n) is 4.08. The van der Waals surface area contributed by atoms with Crippen LogP contribution in [0, 0.1) is 6.92 Å². The first-order valence-corrected chi connectivity index (χ1v) is 8.90. The zero-order chi connectivity index (χ0) is 14.0. The largest absolute Gasteiger partial charge is 0.299 e. The molecule has 1 heterocycles. The molecule has 0 bridgehead atoms. The molecule has 0 saturated carbocycles. The number of sulfone groups is 1. The normalized spacial score (nSPS) is 24.8. The smallest absolute Gasteiger partial charge is 0.148 e. The molecule has 4 heteroatoms. The van der Waals surface area contributed by atoms with Crippen LogP contribution in [-0.4, -0.2) is 44.5 Å². The van der Waals surface area contributed by atoms with E-state index in [1.54, 1.807) is 0 Å². The minimum Gasteiger partial charge on any atom is -0.299 e.